The van der Waals surface area contributed by atoms with Crippen LogP contribution in [0.15, 0.2) is 30.5 Å². The van der Waals surface area contributed by atoms with Crippen molar-refractivity contribution in [2.75, 3.05) is 6.54 Å². The topological polar surface area (TPSA) is 44.9 Å². The van der Waals surface area contributed by atoms with Crippen molar-refractivity contribution in [2.45, 2.75) is 27.7 Å². The summed E-state index contributed by atoms with van der Waals surface area (Å²) in [5, 5.41) is 4.15. The van der Waals surface area contributed by atoms with E-state index >= 15 is 0 Å². The van der Waals surface area contributed by atoms with Crippen LogP contribution in [0.3, 0.4) is 0 Å². The van der Waals surface area contributed by atoms with E-state index in [4.69, 9.17) is 0 Å². The van der Waals surface area contributed by atoms with E-state index in [1.807, 2.05) is 30.5 Å². The van der Waals surface area contributed by atoms with Gasteiger partial charge >= 0.3 is 0 Å². The van der Waals surface area contributed by atoms with E-state index in [9.17, 15) is 4.79 Å². The molecular formula is C16H22N2O. The van der Waals surface area contributed by atoms with E-state index in [-0.39, 0.29) is 11.3 Å². The van der Waals surface area contributed by atoms with Crippen molar-refractivity contribution in [1.29, 1.82) is 0 Å². The molecule has 0 saturated heterocycles. The van der Waals surface area contributed by atoms with Gasteiger partial charge < -0.3 is 10.3 Å². The molecule has 0 unspecified atom stereocenters. The Balaban J connectivity index is 2.07. The van der Waals surface area contributed by atoms with Crippen LogP contribution >= 0.6 is 0 Å². The number of hydrogen-bond donors (Lipinski definition) is 2. The van der Waals surface area contributed by atoms with Crippen LogP contribution in [0.4, 0.5) is 0 Å². The predicted molar refractivity (Wildman–Crippen MR) is 79.3 cm³/mol. The Labute approximate surface area is 114 Å². The molecule has 3 nitrogen and oxygen atoms in total. The Morgan fingerprint density at radius 1 is 1.32 bits per heavy atom. The average Bonchev–Trinajstić information content (AvgIpc) is 2.82. The molecule has 0 radical (unpaired) electrons. The highest BCUT2D eigenvalue weighted by Gasteiger charge is 2.23. The highest BCUT2D eigenvalue weighted by molar-refractivity contribution is 5.97. The van der Waals surface area contributed by atoms with Crippen molar-refractivity contribution in [2.24, 2.45) is 11.3 Å². The zero-order chi connectivity index (χ0) is 14.0. The third-order valence-electron chi connectivity index (χ3n) is 4.08. The second-order valence-corrected chi connectivity index (χ2v) is 6.11. The number of carbonyl (C=O) groups is 1. The smallest absolute Gasteiger partial charge is 0.251 e. The van der Waals surface area contributed by atoms with Crippen LogP contribution in [-0.4, -0.2) is 17.4 Å². The molecule has 3 heteroatoms. The molecule has 0 saturated carbocycles. The summed E-state index contributed by atoms with van der Waals surface area (Å²) in [5.74, 6) is 0.518. The Morgan fingerprint density at radius 3 is 2.74 bits per heavy atom. The summed E-state index contributed by atoms with van der Waals surface area (Å²) in [5.41, 5.74) is 1.80. The molecule has 0 bridgehead atoms. The lowest BCUT2D eigenvalue weighted by Crippen LogP contribution is -2.36. The molecule has 0 atom stereocenters. The molecule has 2 rings (SSSR count). The maximum absolute atomic E-state index is 12.2. The average molecular weight is 258 g/mol. The van der Waals surface area contributed by atoms with E-state index in [0.717, 1.165) is 10.9 Å². The van der Waals surface area contributed by atoms with Crippen LogP contribution in [0, 0.1) is 11.3 Å². The van der Waals surface area contributed by atoms with E-state index < -0.39 is 0 Å². The number of fused-ring (bicyclic) bond motifs is 1. The van der Waals surface area contributed by atoms with Gasteiger partial charge in [0.25, 0.3) is 5.91 Å². The van der Waals surface area contributed by atoms with Gasteiger partial charge in [-0.25, -0.2) is 0 Å². The normalized spacial score (nSPS) is 12.1. The summed E-state index contributed by atoms with van der Waals surface area (Å²) in [6, 6.07) is 7.73. The molecule has 1 aromatic carbocycles. The molecule has 19 heavy (non-hydrogen) atoms. The minimum atomic E-state index is -0.00905. The van der Waals surface area contributed by atoms with Crippen LogP contribution in [0.1, 0.15) is 38.1 Å². The Morgan fingerprint density at radius 2 is 2.05 bits per heavy atom. The predicted octanol–water partition coefficient (Wildman–Crippen LogP) is 3.58. The molecule has 0 aliphatic carbocycles. The van der Waals surface area contributed by atoms with Crippen LogP contribution in [0.25, 0.3) is 10.9 Å². The number of aromatic nitrogens is 1. The second-order valence-electron chi connectivity index (χ2n) is 6.11. The van der Waals surface area contributed by atoms with Crippen molar-refractivity contribution in [1.82, 2.24) is 10.3 Å². The number of hydrogen-bond acceptors (Lipinski definition) is 1. The van der Waals surface area contributed by atoms with Crippen LogP contribution in [0.5, 0.6) is 0 Å². The van der Waals surface area contributed by atoms with Gasteiger partial charge in [-0.1, -0.05) is 33.8 Å². The Hall–Kier alpha value is -1.77. The molecule has 0 fully saturated rings. The summed E-state index contributed by atoms with van der Waals surface area (Å²) in [4.78, 5) is 15.3. The molecule has 2 N–H and O–H groups in total. The van der Waals surface area contributed by atoms with Crippen molar-refractivity contribution >= 4 is 16.8 Å². The third-order valence-corrected chi connectivity index (χ3v) is 4.08. The molecule has 0 aliphatic rings. The quantitative estimate of drug-likeness (QED) is 0.865. The van der Waals surface area contributed by atoms with Crippen molar-refractivity contribution in [3.05, 3.63) is 36.0 Å². The molecule has 102 valence electrons. The lowest BCUT2D eigenvalue weighted by molar-refractivity contribution is 0.0925. The van der Waals surface area contributed by atoms with Crippen LogP contribution in [0.2, 0.25) is 0 Å². The van der Waals surface area contributed by atoms with Crippen LogP contribution in [-0.2, 0) is 0 Å². The fraction of sp³-hybridized carbons (Fsp3) is 0.438. The van der Waals surface area contributed by atoms with E-state index in [0.29, 0.717) is 18.0 Å². The third kappa shape index (κ3) is 2.98. The van der Waals surface area contributed by atoms with Gasteiger partial charge in [0.15, 0.2) is 0 Å². The first-order valence-electron chi connectivity index (χ1n) is 6.75. The van der Waals surface area contributed by atoms with Crippen LogP contribution < -0.4 is 5.32 Å². The van der Waals surface area contributed by atoms with Gasteiger partial charge in [0, 0.05) is 23.8 Å². The largest absolute Gasteiger partial charge is 0.361 e. The van der Waals surface area contributed by atoms with E-state index in [1.165, 1.54) is 0 Å². The molecular weight excluding hydrogens is 236 g/mol. The molecule has 0 aliphatic heterocycles. The van der Waals surface area contributed by atoms with Gasteiger partial charge in [-0.2, -0.15) is 0 Å². The van der Waals surface area contributed by atoms with Gasteiger partial charge in [-0.05, 0) is 34.9 Å². The second kappa shape index (κ2) is 5.08. The number of rotatable bonds is 4. The van der Waals surface area contributed by atoms with Gasteiger partial charge in [-0.15, -0.1) is 0 Å². The van der Waals surface area contributed by atoms with Crippen molar-refractivity contribution in [3.63, 3.8) is 0 Å². The zero-order valence-corrected chi connectivity index (χ0v) is 12.1. The highest BCUT2D eigenvalue weighted by atomic mass is 16.1. The number of carbonyl (C=O) groups excluding carboxylic acids is 1. The summed E-state index contributed by atoms with van der Waals surface area (Å²) in [6.07, 6.45) is 1.88. The van der Waals surface area contributed by atoms with E-state index in [1.54, 1.807) is 0 Å². The van der Waals surface area contributed by atoms with Gasteiger partial charge in [0.1, 0.15) is 0 Å². The van der Waals surface area contributed by atoms with Gasteiger partial charge in [0.05, 0.1) is 0 Å². The summed E-state index contributed by atoms with van der Waals surface area (Å²) in [6.45, 7) is 9.39. The highest BCUT2D eigenvalue weighted by Crippen LogP contribution is 2.24. The maximum Gasteiger partial charge on any atom is 0.251 e. The Kier molecular flexibility index (Phi) is 3.65. The fourth-order valence-electron chi connectivity index (χ4n) is 1.80. The summed E-state index contributed by atoms with van der Waals surface area (Å²) < 4.78 is 0. The zero-order valence-electron chi connectivity index (χ0n) is 12.1. The van der Waals surface area contributed by atoms with Gasteiger partial charge in [-0.3, -0.25) is 4.79 Å². The minimum Gasteiger partial charge on any atom is -0.361 e. The Bertz CT molecular complexity index is 581. The minimum absolute atomic E-state index is 0.00905. The van der Waals surface area contributed by atoms with Crippen molar-refractivity contribution < 1.29 is 4.79 Å². The first kappa shape index (κ1) is 13.7. The monoisotopic (exact) mass is 258 g/mol. The van der Waals surface area contributed by atoms with E-state index in [2.05, 4.69) is 38.0 Å². The fourth-order valence-corrected chi connectivity index (χ4v) is 1.80. The molecule has 1 amide bonds. The van der Waals surface area contributed by atoms with Crippen molar-refractivity contribution in [3.8, 4) is 0 Å². The number of amides is 1. The number of benzene rings is 1. The molecule has 1 aromatic heterocycles. The molecule has 2 aromatic rings. The van der Waals surface area contributed by atoms with Gasteiger partial charge in [0.2, 0.25) is 0 Å². The number of nitrogens with one attached hydrogen (secondary N) is 2. The lowest BCUT2D eigenvalue weighted by atomic mass is 9.81. The number of aromatic amines is 1. The number of H-pyrrole nitrogens is 1. The lowest BCUT2D eigenvalue weighted by Gasteiger charge is -2.29. The summed E-state index contributed by atoms with van der Waals surface area (Å²) >= 11 is 0. The molecule has 1 heterocycles. The first-order chi connectivity index (χ1) is 8.90. The summed E-state index contributed by atoms with van der Waals surface area (Å²) in [7, 11) is 0. The SMILES string of the molecule is CC(C)C(C)(C)CNC(=O)c1ccc2cc[nH]c2c1. The standard InChI is InChI=1S/C16H22N2O/c1-11(2)16(3,4)10-18-15(19)13-6-5-12-7-8-17-14(12)9-13/h5-9,11,17H,10H2,1-4H3,(H,18,19). The molecule has 0 spiro atoms. The maximum atomic E-state index is 12.2. The first-order valence-corrected chi connectivity index (χ1v) is 6.75.